The number of aliphatic hydroxyl groups excluding tert-OH is 1. The molecule has 1 aromatic rings. The Morgan fingerprint density at radius 3 is 2.62 bits per heavy atom. The van der Waals surface area contributed by atoms with Crippen molar-refractivity contribution in [2.75, 3.05) is 6.61 Å². The van der Waals surface area contributed by atoms with Crippen molar-refractivity contribution in [1.82, 2.24) is 9.36 Å². The van der Waals surface area contributed by atoms with Gasteiger partial charge in [-0.05, 0) is 11.5 Å². The lowest BCUT2D eigenvalue weighted by molar-refractivity contribution is 0.300. The lowest BCUT2D eigenvalue weighted by Gasteiger charge is -2.02. The second-order valence-corrected chi connectivity index (χ2v) is 5.62. The molecular formula is C8H14N2OS2. The first-order chi connectivity index (χ1) is 6.13. The Morgan fingerprint density at radius 1 is 1.46 bits per heavy atom. The van der Waals surface area contributed by atoms with Crippen molar-refractivity contribution in [1.29, 1.82) is 0 Å². The van der Waals surface area contributed by atoms with Crippen molar-refractivity contribution in [2.45, 2.75) is 36.3 Å². The van der Waals surface area contributed by atoms with Gasteiger partial charge < -0.3 is 5.11 Å². The summed E-state index contributed by atoms with van der Waals surface area (Å²) < 4.78 is 5.18. The molecular weight excluding hydrogens is 204 g/mol. The quantitative estimate of drug-likeness (QED) is 0.786. The van der Waals surface area contributed by atoms with Crippen LogP contribution >= 0.6 is 23.3 Å². The van der Waals surface area contributed by atoms with E-state index in [4.69, 9.17) is 5.11 Å². The number of rotatable bonds is 4. The van der Waals surface area contributed by atoms with Crippen molar-refractivity contribution in [2.24, 2.45) is 0 Å². The molecule has 0 aliphatic carbocycles. The van der Waals surface area contributed by atoms with Gasteiger partial charge in [0.05, 0.1) is 6.61 Å². The summed E-state index contributed by atoms with van der Waals surface area (Å²) in [7, 11) is 0. The Kier molecular flexibility index (Phi) is 4.15. The van der Waals surface area contributed by atoms with E-state index in [1.807, 2.05) is 6.92 Å². The van der Waals surface area contributed by atoms with Crippen LogP contribution in [0.5, 0.6) is 0 Å². The van der Waals surface area contributed by atoms with Gasteiger partial charge in [-0.25, -0.2) is 4.98 Å². The van der Waals surface area contributed by atoms with Crippen molar-refractivity contribution in [3.8, 4) is 0 Å². The molecule has 74 valence electrons. The van der Waals surface area contributed by atoms with Gasteiger partial charge in [-0.3, -0.25) is 0 Å². The van der Waals surface area contributed by atoms with Crippen LogP contribution in [-0.4, -0.2) is 26.3 Å². The maximum Gasteiger partial charge on any atom is 0.170 e. The molecule has 5 heteroatoms. The Labute approximate surface area is 86.8 Å². The number of aliphatic hydroxyl groups is 1. The number of nitrogens with zero attached hydrogens (tertiary/aromatic N) is 2. The van der Waals surface area contributed by atoms with E-state index in [1.54, 1.807) is 11.8 Å². The molecule has 1 N–H and O–H groups in total. The third-order valence-electron chi connectivity index (χ3n) is 1.50. The highest BCUT2D eigenvalue weighted by atomic mass is 32.2. The highest BCUT2D eigenvalue weighted by Gasteiger charge is 2.10. The van der Waals surface area contributed by atoms with Gasteiger partial charge in [0.15, 0.2) is 4.34 Å². The molecule has 0 amide bonds. The summed E-state index contributed by atoms with van der Waals surface area (Å²) in [6.45, 7) is 6.31. The summed E-state index contributed by atoms with van der Waals surface area (Å²) in [5.41, 5.74) is 0. The van der Waals surface area contributed by atoms with Crippen LogP contribution in [0.1, 0.15) is 32.5 Å². The van der Waals surface area contributed by atoms with Crippen LogP contribution in [-0.2, 0) is 0 Å². The number of thioether (sulfide) groups is 1. The minimum Gasteiger partial charge on any atom is -0.395 e. The fourth-order valence-corrected chi connectivity index (χ4v) is 2.61. The van der Waals surface area contributed by atoms with Crippen LogP contribution in [0.25, 0.3) is 0 Å². The topological polar surface area (TPSA) is 46.0 Å². The lowest BCUT2D eigenvalue weighted by atomic mass is 10.2. The molecule has 0 bridgehead atoms. The molecule has 0 saturated carbocycles. The molecule has 0 fully saturated rings. The van der Waals surface area contributed by atoms with E-state index in [9.17, 15) is 0 Å². The second-order valence-electron chi connectivity index (χ2n) is 3.18. The minimum atomic E-state index is 0.182. The molecule has 13 heavy (non-hydrogen) atoms. The zero-order chi connectivity index (χ0) is 9.84. The predicted octanol–water partition coefficient (Wildman–Crippen LogP) is 2.13. The highest BCUT2D eigenvalue weighted by molar-refractivity contribution is 8.01. The van der Waals surface area contributed by atoms with Gasteiger partial charge in [0.1, 0.15) is 5.82 Å². The first-order valence-electron chi connectivity index (χ1n) is 4.24. The van der Waals surface area contributed by atoms with Gasteiger partial charge in [-0.1, -0.05) is 32.5 Å². The van der Waals surface area contributed by atoms with Crippen molar-refractivity contribution in [3.05, 3.63) is 5.82 Å². The minimum absolute atomic E-state index is 0.182. The van der Waals surface area contributed by atoms with E-state index in [-0.39, 0.29) is 11.9 Å². The van der Waals surface area contributed by atoms with E-state index in [0.717, 1.165) is 10.2 Å². The smallest absolute Gasteiger partial charge is 0.170 e. The van der Waals surface area contributed by atoms with Gasteiger partial charge >= 0.3 is 0 Å². The van der Waals surface area contributed by atoms with Crippen LogP contribution in [0.3, 0.4) is 0 Å². The molecule has 0 aliphatic rings. The Morgan fingerprint density at radius 2 is 2.15 bits per heavy atom. The number of hydrogen-bond donors (Lipinski definition) is 1. The Bertz CT molecular complexity index is 262. The summed E-state index contributed by atoms with van der Waals surface area (Å²) >= 11 is 2.99. The van der Waals surface area contributed by atoms with Gasteiger partial charge in [0.25, 0.3) is 0 Å². The standard InChI is InChI=1S/C8H14N2OS2/c1-5(2)7-9-8(13-10-7)12-6(3)4-11/h5-6,11H,4H2,1-3H3. The molecule has 1 aromatic heterocycles. The molecule has 0 aromatic carbocycles. The Hall–Kier alpha value is -0.130. The molecule has 1 unspecified atom stereocenters. The molecule has 1 rings (SSSR count). The summed E-state index contributed by atoms with van der Waals surface area (Å²) in [5.74, 6) is 1.28. The summed E-state index contributed by atoms with van der Waals surface area (Å²) in [5, 5.41) is 9.05. The van der Waals surface area contributed by atoms with Crippen LogP contribution in [0.15, 0.2) is 4.34 Å². The van der Waals surface area contributed by atoms with Crippen LogP contribution < -0.4 is 0 Å². The summed E-state index contributed by atoms with van der Waals surface area (Å²) in [6.07, 6.45) is 0. The molecule has 1 atom stereocenters. The fourth-order valence-electron chi connectivity index (χ4n) is 0.712. The molecule has 1 heterocycles. The van der Waals surface area contributed by atoms with Gasteiger partial charge in [0, 0.05) is 11.2 Å². The summed E-state index contributed by atoms with van der Waals surface area (Å²) in [6, 6.07) is 0. The fraction of sp³-hybridized carbons (Fsp3) is 0.750. The third-order valence-corrected chi connectivity index (χ3v) is 3.38. The van der Waals surface area contributed by atoms with E-state index < -0.39 is 0 Å². The molecule has 0 aliphatic heterocycles. The van der Waals surface area contributed by atoms with Crippen molar-refractivity contribution >= 4 is 23.3 Å². The van der Waals surface area contributed by atoms with Crippen molar-refractivity contribution < 1.29 is 5.11 Å². The first-order valence-corrected chi connectivity index (χ1v) is 5.90. The van der Waals surface area contributed by atoms with Gasteiger partial charge in [-0.15, -0.1) is 0 Å². The molecule has 3 nitrogen and oxygen atoms in total. The maximum atomic E-state index is 8.85. The van der Waals surface area contributed by atoms with Gasteiger partial charge in [-0.2, -0.15) is 4.37 Å². The van der Waals surface area contributed by atoms with E-state index in [2.05, 4.69) is 23.2 Å². The Balaban J connectivity index is 2.58. The molecule has 0 spiro atoms. The van der Waals surface area contributed by atoms with Crippen LogP contribution in [0.4, 0.5) is 0 Å². The predicted molar refractivity (Wildman–Crippen MR) is 56.4 cm³/mol. The van der Waals surface area contributed by atoms with Gasteiger partial charge in [0.2, 0.25) is 0 Å². The second kappa shape index (κ2) is 4.93. The zero-order valence-electron chi connectivity index (χ0n) is 8.02. The average Bonchev–Trinajstić information content (AvgIpc) is 2.52. The van der Waals surface area contributed by atoms with Crippen LogP contribution in [0, 0.1) is 0 Å². The first kappa shape index (κ1) is 10.9. The summed E-state index contributed by atoms with van der Waals surface area (Å²) in [4.78, 5) is 4.36. The van der Waals surface area contributed by atoms with Crippen LogP contribution in [0.2, 0.25) is 0 Å². The third kappa shape index (κ3) is 3.25. The normalized spacial score (nSPS) is 13.6. The highest BCUT2D eigenvalue weighted by Crippen LogP contribution is 2.26. The lowest BCUT2D eigenvalue weighted by Crippen LogP contribution is -2.01. The molecule has 0 radical (unpaired) electrons. The number of hydrogen-bond acceptors (Lipinski definition) is 5. The van der Waals surface area contributed by atoms with E-state index in [0.29, 0.717) is 5.92 Å². The molecule has 0 saturated heterocycles. The largest absolute Gasteiger partial charge is 0.395 e. The number of aromatic nitrogens is 2. The van der Waals surface area contributed by atoms with Crippen molar-refractivity contribution in [3.63, 3.8) is 0 Å². The van der Waals surface area contributed by atoms with E-state index >= 15 is 0 Å². The maximum absolute atomic E-state index is 8.85. The SMILES string of the molecule is CC(CO)Sc1nc(C(C)C)ns1. The zero-order valence-corrected chi connectivity index (χ0v) is 9.65. The van der Waals surface area contributed by atoms with E-state index in [1.165, 1.54) is 11.5 Å². The monoisotopic (exact) mass is 218 g/mol. The average molecular weight is 218 g/mol.